The molecule has 1 saturated heterocycles. The highest BCUT2D eigenvalue weighted by Gasteiger charge is 2.72. The highest BCUT2D eigenvalue weighted by molar-refractivity contribution is 8.21. The van der Waals surface area contributed by atoms with E-state index in [1.807, 2.05) is 0 Å². The third kappa shape index (κ3) is 1.75. The molecule has 2 spiro atoms. The highest BCUT2D eigenvalue weighted by Crippen LogP contribution is 2.83. The Hall–Kier alpha value is -1.64. The number of hydrogen-bond donors (Lipinski definition) is 0. The van der Waals surface area contributed by atoms with Crippen molar-refractivity contribution in [2.45, 2.75) is 40.6 Å². The Morgan fingerprint density at radius 3 is 1.33 bits per heavy atom. The molecule has 2 heteroatoms. The first kappa shape index (κ1) is 17.0. The number of hydrogen-bond acceptors (Lipinski definition) is 2. The molecule has 1 heterocycles. The molecule has 2 fully saturated rings. The van der Waals surface area contributed by atoms with E-state index in [0.717, 1.165) is 0 Å². The van der Waals surface area contributed by atoms with E-state index in [2.05, 4.69) is 96.3 Å². The van der Waals surface area contributed by atoms with Crippen LogP contribution in [0.25, 0.3) is 0 Å². The molecule has 0 amide bonds. The van der Waals surface area contributed by atoms with Crippen LogP contribution in [-0.2, 0) is 0 Å². The molecule has 1 saturated carbocycles. The minimum atomic E-state index is 0.312. The van der Waals surface area contributed by atoms with Crippen LogP contribution in [0.15, 0.2) is 72.8 Å². The van der Waals surface area contributed by atoms with Crippen molar-refractivity contribution in [2.24, 2.45) is 5.41 Å². The van der Waals surface area contributed by atoms with Crippen molar-refractivity contribution < 1.29 is 0 Å². The average Bonchev–Trinajstić information content (AvgIpc) is 3.50. The molecule has 5 atom stereocenters. The van der Waals surface area contributed by atoms with Gasteiger partial charge in [0.2, 0.25) is 0 Å². The second kappa shape index (κ2) is 5.58. The van der Waals surface area contributed by atoms with Crippen molar-refractivity contribution in [2.75, 3.05) is 11.5 Å². The molecule has 8 rings (SSSR count). The molecule has 1 unspecified atom stereocenters. The Morgan fingerprint density at radius 2 is 0.900 bits per heavy atom. The SMILES string of the molecule is c1ccc2c(c1)[C@H]1c3ccccc3[C@H]3CC4(C[C@H]5c6ccccc6[C@H]2C135)SCCS4. The lowest BCUT2D eigenvalue weighted by Gasteiger charge is -2.52. The Bertz CT molecular complexity index is 1120. The third-order valence-electron chi connectivity index (χ3n) is 9.03. The second-order valence-electron chi connectivity index (χ2n) is 9.87. The van der Waals surface area contributed by atoms with Crippen molar-refractivity contribution in [1.82, 2.24) is 0 Å². The second-order valence-corrected chi connectivity index (χ2v) is 13.1. The molecule has 5 aliphatic rings. The van der Waals surface area contributed by atoms with Gasteiger partial charge in [-0.1, -0.05) is 72.8 Å². The molecule has 3 aromatic carbocycles. The van der Waals surface area contributed by atoms with Crippen LogP contribution in [0.4, 0.5) is 0 Å². The van der Waals surface area contributed by atoms with Gasteiger partial charge < -0.3 is 0 Å². The molecule has 0 radical (unpaired) electrons. The van der Waals surface area contributed by atoms with Crippen LogP contribution < -0.4 is 0 Å². The third-order valence-corrected chi connectivity index (χ3v) is 12.5. The minimum Gasteiger partial charge on any atom is -0.143 e. The van der Waals surface area contributed by atoms with Crippen molar-refractivity contribution in [3.63, 3.8) is 0 Å². The average molecular weight is 425 g/mol. The van der Waals surface area contributed by atoms with Crippen LogP contribution in [0.3, 0.4) is 0 Å². The summed E-state index contributed by atoms with van der Waals surface area (Å²) < 4.78 is 0.416. The molecular weight excluding hydrogens is 400 g/mol. The summed E-state index contributed by atoms with van der Waals surface area (Å²) in [6.07, 6.45) is 2.70. The zero-order valence-electron chi connectivity index (χ0n) is 16.9. The largest absolute Gasteiger partial charge is 0.143 e. The number of fused-ring (bicyclic) bond motifs is 9. The summed E-state index contributed by atoms with van der Waals surface area (Å²) in [6, 6.07) is 28.5. The van der Waals surface area contributed by atoms with Gasteiger partial charge in [0.15, 0.2) is 0 Å². The van der Waals surface area contributed by atoms with E-state index in [9.17, 15) is 0 Å². The van der Waals surface area contributed by atoms with E-state index in [4.69, 9.17) is 0 Å². The van der Waals surface area contributed by atoms with Crippen LogP contribution in [0.2, 0.25) is 0 Å². The van der Waals surface area contributed by atoms with Crippen molar-refractivity contribution in [3.05, 3.63) is 106 Å². The topological polar surface area (TPSA) is 0 Å². The highest BCUT2D eigenvalue weighted by atomic mass is 32.2. The summed E-state index contributed by atoms with van der Waals surface area (Å²) in [5.74, 6) is 5.11. The standard InChI is InChI=1S/C28H24S2/c1-3-9-19-17(7-1)23-15-27(29-13-14-30-27)16-24-18-8-2-4-10-20(18)26-22-12-6-5-11-21(22)25(19)28(23,24)26/h1-12,23-26H,13-16H2/t23-,24+,25-,26-,28?/m1/s1. The lowest BCUT2D eigenvalue weighted by molar-refractivity contribution is 0.123. The van der Waals surface area contributed by atoms with Gasteiger partial charge in [0.1, 0.15) is 0 Å². The van der Waals surface area contributed by atoms with E-state index in [1.165, 1.54) is 24.3 Å². The van der Waals surface area contributed by atoms with Crippen LogP contribution in [0.5, 0.6) is 0 Å². The van der Waals surface area contributed by atoms with Gasteiger partial charge in [-0.25, -0.2) is 0 Å². The molecule has 0 aromatic heterocycles. The van der Waals surface area contributed by atoms with E-state index in [1.54, 1.807) is 33.4 Å². The van der Waals surface area contributed by atoms with Crippen LogP contribution in [-0.4, -0.2) is 15.6 Å². The summed E-state index contributed by atoms with van der Waals surface area (Å²) in [4.78, 5) is 0. The van der Waals surface area contributed by atoms with Gasteiger partial charge in [-0.05, 0) is 58.1 Å². The molecule has 0 nitrogen and oxygen atoms in total. The molecule has 4 aliphatic carbocycles. The summed E-state index contributed by atoms with van der Waals surface area (Å²) in [5.41, 5.74) is 10.2. The summed E-state index contributed by atoms with van der Waals surface area (Å²) in [5, 5.41) is 0. The van der Waals surface area contributed by atoms with E-state index < -0.39 is 0 Å². The Morgan fingerprint density at radius 1 is 0.533 bits per heavy atom. The first-order valence-corrected chi connectivity index (χ1v) is 13.3. The fourth-order valence-corrected chi connectivity index (χ4v) is 11.8. The van der Waals surface area contributed by atoms with Crippen LogP contribution in [0.1, 0.15) is 69.9 Å². The smallest absolute Gasteiger partial charge is 0.0623 e. The maximum Gasteiger partial charge on any atom is 0.0623 e. The fraction of sp³-hybridized carbons (Fsp3) is 0.357. The Kier molecular flexibility index (Phi) is 3.16. The minimum absolute atomic E-state index is 0.312. The zero-order chi connectivity index (χ0) is 19.5. The Labute approximate surface area is 186 Å². The van der Waals surface area contributed by atoms with Gasteiger partial charge in [-0.3, -0.25) is 0 Å². The Balaban J connectivity index is 1.49. The van der Waals surface area contributed by atoms with Crippen molar-refractivity contribution in [3.8, 4) is 0 Å². The van der Waals surface area contributed by atoms with Crippen LogP contribution in [0, 0.1) is 5.41 Å². The number of rotatable bonds is 0. The van der Waals surface area contributed by atoms with Crippen molar-refractivity contribution >= 4 is 23.5 Å². The van der Waals surface area contributed by atoms with Gasteiger partial charge >= 0.3 is 0 Å². The normalized spacial score (nSPS) is 35.6. The molecule has 0 N–H and O–H groups in total. The first-order valence-electron chi connectivity index (χ1n) is 11.4. The lowest BCUT2D eigenvalue weighted by atomic mass is 9.55. The van der Waals surface area contributed by atoms with Crippen LogP contribution >= 0.6 is 23.5 Å². The molecule has 148 valence electrons. The maximum absolute atomic E-state index is 2.48. The summed E-state index contributed by atoms with van der Waals surface area (Å²) in [7, 11) is 0. The summed E-state index contributed by atoms with van der Waals surface area (Å²) in [6.45, 7) is 0. The fourth-order valence-electron chi connectivity index (χ4n) is 8.40. The van der Waals surface area contributed by atoms with E-state index in [-0.39, 0.29) is 0 Å². The van der Waals surface area contributed by atoms with Gasteiger partial charge in [0.05, 0.1) is 4.08 Å². The first-order chi connectivity index (χ1) is 14.8. The molecule has 30 heavy (non-hydrogen) atoms. The van der Waals surface area contributed by atoms with Gasteiger partial charge in [-0.15, -0.1) is 23.5 Å². The molecule has 0 bridgehead atoms. The summed E-state index contributed by atoms with van der Waals surface area (Å²) >= 11 is 4.56. The monoisotopic (exact) mass is 424 g/mol. The molecule has 3 aromatic rings. The van der Waals surface area contributed by atoms with Gasteiger partial charge in [-0.2, -0.15) is 0 Å². The van der Waals surface area contributed by atoms with E-state index in [0.29, 0.717) is 33.2 Å². The maximum atomic E-state index is 2.48. The molecular formula is C28H24S2. The quantitative estimate of drug-likeness (QED) is 0.377. The van der Waals surface area contributed by atoms with Crippen molar-refractivity contribution in [1.29, 1.82) is 0 Å². The predicted octanol–water partition coefficient (Wildman–Crippen LogP) is 7.11. The van der Waals surface area contributed by atoms with Gasteiger partial charge in [0.25, 0.3) is 0 Å². The number of benzene rings is 3. The zero-order valence-corrected chi connectivity index (χ0v) is 18.5. The lowest BCUT2D eigenvalue weighted by Crippen LogP contribution is -2.44. The van der Waals surface area contributed by atoms with E-state index >= 15 is 0 Å². The predicted molar refractivity (Wildman–Crippen MR) is 128 cm³/mol. The number of thioether (sulfide) groups is 2. The molecule has 1 aliphatic heterocycles. The van der Waals surface area contributed by atoms with Gasteiger partial charge in [0, 0.05) is 28.8 Å².